The first-order chi connectivity index (χ1) is 9.91. The molecule has 2 aromatic rings. The van der Waals surface area contributed by atoms with Crippen molar-refractivity contribution in [3.05, 3.63) is 48.3 Å². The maximum Gasteiger partial charge on any atom is 0.332 e. The summed E-state index contributed by atoms with van der Waals surface area (Å²) in [5, 5.41) is 2.43. The summed E-state index contributed by atoms with van der Waals surface area (Å²) in [6, 6.07) is 8.03. The number of nitrogens with one attached hydrogen (secondary N) is 1. The van der Waals surface area contributed by atoms with Crippen LogP contribution in [0.1, 0.15) is 10.5 Å². The summed E-state index contributed by atoms with van der Waals surface area (Å²) in [5.74, 6) is -0.367. The largest absolute Gasteiger partial charge is 0.495 e. The number of carbonyl (C=O) groups excluding carboxylic acids is 1. The van der Waals surface area contributed by atoms with Crippen molar-refractivity contribution in [2.75, 3.05) is 12.4 Å². The first-order valence-electron chi connectivity index (χ1n) is 5.77. The second kappa shape index (κ2) is 5.88. The van der Waals surface area contributed by atoms with Crippen LogP contribution in [0.5, 0.6) is 5.75 Å². The number of rotatable bonds is 4. The van der Waals surface area contributed by atoms with E-state index in [1.165, 1.54) is 25.4 Å². The van der Waals surface area contributed by atoms with Gasteiger partial charge in [-0.3, -0.25) is 9.78 Å². The average molecular weight is 310 g/mol. The highest BCUT2D eigenvalue weighted by Gasteiger charge is 2.17. The molecule has 8 heteroatoms. The predicted molar refractivity (Wildman–Crippen MR) is 73.5 cm³/mol. The van der Waals surface area contributed by atoms with Gasteiger partial charge in [0, 0.05) is 6.20 Å². The molecule has 6 nitrogen and oxygen atoms in total. The third kappa shape index (κ3) is 3.54. The summed E-state index contributed by atoms with van der Waals surface area (Å²) in [6.07, 6.45) is 1.44. The molecule has 0 aliphatic heterocycles. The van der Waals surface area contributed by atoms with E-state index in [9.17, 15) is 17.1 Å². The van der Waals surface area contributed by atoms with Gasteiger partial charge in [-0.15, -0.1) is 3.89 Å². The fourth-order valence-electron chi connectivity index (χ4n) is 1.62. The first kappa shape index (κ1) is 14.9. The van der Waals surface area contributed by atoms with Crippen LogP contribution in [0, 0.1) is 0 Å². The van der Waals surface area contributed by atoms with Crippen molar-refractivity contribution in [1.29, 1.82) is 0 Å². The molecule has 0 bridgehead atoms. The number of amides is 1. The standard InChI is InChI=1S/C13H11FN2O4S/c1-20-12-6-5-9(21(14,18)19)8-11(12)16-13(17)10-4-2-3-7-15-10/h2-8H,1H3,(H,16,17). The van der Waals surface area contributed by atoms with E-state index in [1.54, 1.807) is 12.1 Å². The summed E-state index contributed by atoms with van der Waals surface area (Å²) in [5.41, 5.74) is 0.167. The van der Waals surface area contributed by atoms with Crippen LogP contribution in [-0.4, -0.2) is 26.4 Å². The van der Waals surface area contributed by atoms with Crippen molar-refractivity contribution in [2.24, 2.45) is 0 Å². The minimum Gasteiger partial charge on any atom is -0.495 e. The maximum absolute atomic E-state index is 13.0. The molecule has 1 aromatic carbocycles. The van der Waals surface area contributed by atoms with E-state index in [-0.39, 0.29) is 17.1 Å². The van der Waals surface area contributed by atoms with Gasteiger partial charge >= 0.3 is 10.2 Å². The second-order valence-electron chi connectivity index (χ2n) is 3.97. The highest BCUT2D eigenvalue weighted by Crippen LogP contribution is 2.28. The van der Waals surface area contributed by atoms with Crippen LogP contribution in [0.4, 0.5) is 9.57 Å². The molecule has 1 aromatic heterocycles. The number of methoxy groups -OCH3 is 1. The summed E-state index contributed by atoms with van der Waals surface area (Å²) in [4.78, 5) is 15.3. The number of nitrogens with zero attached hydrogens (tertiary/aromatic N) is 1. The summed E-state index contributed by atoms with van der Waals surface area (Å²) < 4.78 is 39.8. The Morgan fingerprint density at radius 2 is 2.05 bits per heavy atom. The van der Waals surface area contributed by atoms with Gasteiger partial charge in [0.25, 0.3) is 5.91 Å². The highest BCUT2D eigenvalue weighted by molar-refractivity contribution is 7.86. The Morgan fingerprint density at radius 3 is 2.62 bits per heavy atom. The molecular formula is C13H11FN2O4S. The first-order valence-corrected chi connectivity index (χ1v) is 7.15. The Balaban J connectivity index is 2.36. The molecule has 0 aliphatic rings. The summed E-state index contributed by atoms with van der Waals surface area (Å²) >= 11 is 0. The van der Waals surface area contributed by atoms with E-state index in [1.807, 2.05) is 0 Å². The third-order valence-corrected chi connectivity index (χ3v) is 3.42. The van der Waals surface area contributed by atoms with Gasteiger partial charge in [-0.05, 0) is 30.3 Å². The van der Waals surface area contributed by atoms with Crippen molar-refractivity contribution in [1.82, 2.24) is 4.98 Å². The molecule has 0 aliphatic carbocycles. The van der Waals surface area contributed by atoms with E-state index in [2.05, 4.69) is 10.3 Å². The highest BCUT2D eigenvalue weighted by atomic mass is 32.3. The lowest BCUT2D eigenvalue weighted by molar-refractivity contribution is 0.102. The van der Waals surface area contributed by atoms with Crippen molar-refractivity contribution in [2.45, 2.75) is 4.90 Å². The smallest absolute Gasteiger partial charge is 0.332 e. The van der Waals surface area contributed by atoms with Gasteiger partial charge in [0.15, 0.2) is 0 Å². The minimum absolute atomic E-state index is 0.0341. The van der Waals surface area contributed by atoms with Crippen LogP contribution >= 0.6 is 0 Å². The molecule has 0 spiro atoms. The molecule has 1 amide bonds. The summed E-state index contributed by atoms with van der Waals surface area (Å²) in [6.45, 7) is 0. The van der Waals surface area contributed by atoms with Gasteiger partial charge in [-0.2, -0.15) is 8.42 Å². The van der Waals surface area contributed by atoms with Gasteiger partial charge in [0.1, 0.15) is 16.3 Å². The van der Waals surface area contributed by atoms with Crippen molar-refractivity contribution < 1.29 is 21.8 Å². The zero-order valence-electron chi connectivity index (χ0n) is 10.9. The SMILES string of the molecule is COc1ccc(S(=O)(=O)F)cc1NC(=O)c1ccccn1. The number of carbonyl (C=O) groups is 1. The van der Waals surface area contributed by atoms with Gasteiger partial charge in [-0.1, -0.05) is 6.07 Å². The number of anilines is 1. The van der Waals surface area contributed by atoms with Crippen molar-refractivity contribution in [3.63, 3.8) is 0 Å². The Morgan fingerprint density at radius 1 is 1.29 bits per heavy atom. The quantitative estimate of drug-likeness (QED) is 0.873. The summed E-state index contributed by atoms with van der Waals surface area (Å²) in [7, 11) is -3.53. The molecule has 2 rings (SSSR count). The van der Waals surface area contributed by atoms with Crippen LogP contribution in [0.2, 0.25) is 0 Å². The number of benzene rings is 1. The van der Waals surface area contributed by atoms with E-state index < -0.39 is 21.0 Å². The van der Waals surface area contributed by atoms with Crippen LogP contribution < -0.4 is 10.1 Å². The van der Waals surface area contributed by atoms with Crippen molar-refractivity contribution >= 4 is 21.8 Å². The zero-order chi connectivity index (χ0) is 15.5. The lowest BCUT2D eigenvalue weighted by atomic mass is 10.2. The fourth-order valence-corrected chi connectivity index (χ4v) is 2.11. The van der Waals surface area contributed by atoms with E-state index in [0.717, 1.165) is 12.1 Å². The Bertz CT molecular complexity index is 763. The van der Waals surface area contributed by atoms with Crippen LogP contribution in [-0.2, 0) is 10.2 Å². The lowest BCUT2D eigenvalue weighted by Crippen LogP contribution is -2.14. The lowest BCUT2D eigenvalue weighted by Gasteiger charge is -2.10. The van der Waals surface area contributed by atoms with E-state index in [4.69, 9.17) is 4.74 Å². The molecule has 0 unspecified atom stereocenters. The molecule has 0 saturated carbocycles. The molecule has 21 heavy (non-hydrogen) atoms. The van der Waals surface area contributed by atoms with Crippen LogP contribution in [0.25, 0.3) is 0 Å². The minimum atomic E-state index is -4.87. The Kier molecular flexibility index (Phi) is 4.18. The molecule has 110 valence electrons. The molecule has 0 fully saturated rings. The average Bonchev–Trinajstić information content (AvgIpc) is 2.47. The number of hydrogen-bond donors (Lipinski definition) is 1. The van der Waals surface area contributed by atoms with Gasteiger partial charge < -0.3 is 10.1 Å². The monoisotopic (exact) mass is 310 g/mol. The second-order valence-corrected chi connectivity index (χ2v) is 5.32. The Hall–Kier alpha value is -2.48. The molecular weight excluding hydrogens is 299 g/mol. The van der Waals surface area contributed by atoms with E-state index in [0.29, 0.717) is 0 Å². The fraction of sp³-hybridized carbons (Fsp3) is 0.0769. The molecule has 1 heterocycles. The van der Waals surface area contributed by atoms with Crippen LogP contribution in [0.15, 0.2) is 47.5 Å². The molecule has 0 atom stereocenters. The topological polar surface area (TPSA) is 85.4 Å². The van der Waals surface area contributed by atoms with Gasteiger partial charge in [0.05, 0.1) is 12.8 Å². The third-order valence-electron chi connectivity index (χ3n) is 2.60. The number of halogens is 1. The van der Waals surface area contributed by atoms with Gasteiger partial charge in [-0.25, -0.2) is 0 Å². The van der Waals surface area contributed by atoms with Gasteiger partial charge in [0.2, 0.25) is 0 Å². The maximum atomic E-state index is 13.0. The predicted octanol–water partition coefficient (Wildman–Crippen LogP) is 2.00. The molecule has 1 N–H and O–H groups in total. The van der Waals surface area contributed by atoms with E-state index >= 15 is 0 Å². The van der Waals surface area contributed by atoms with Crippen molar-refractivity contribution in [3.8, 4) is 5.75 Å². The molecule has 0 radical (unpaired) electrons. The van der Waals surface area contributed by atoms with Crippen LogP contribution in [0.3, 0.4) is 0 Å². The molecule has 0 saturated heterocycles. The zero-order valence-corrected chi connectivity index (χ0v) is 11.7. The number of aromatic nitrogens is 1. The normalized spacial score (nSPS) is 11.0. The number of hydrogen-bond acceptors (Lipinski definition) is 5. The number of pyridine rings is 1. The number of ether oxygens (including phenoxy) is 1. The Labute approximate surface area is 120 Å².